The minimum Gasteiger partial charge on any atom is -0.353 e. The molecule has 1 saturated heterocycles. The van der Waals surface area contributed by atoms with Crippen LogP contribution < -0.4 is 10.2 Å². The van der Waals surface area contributed by atoms with Gasteiger partial charge in [-0.05, 0) is 39.7 Å². The van der Waals surface area contributed by atoms with Crippen LogP contribution >= 0.6 is 11.6 Å². The van der Waals surface area contributed by atoms with E-state index in [1.54, 1.807) is 0 Å². The molecule has 4 nitrogen and oxygen atoms in total. The molecule has 21 heavy (non-hydrogen) atoms. The summed E-state index contributed by atoms with van der Waals surface area (Å²) in [5.74, 6) is -0.302. The van der Waals surface area contributed by atoms with Crippen LogP contribution in [0.25, 0.3) is 0 Å². The van der Waals surface area contributed by atoms with E-state index >= 15 is 0 Å². The summed E-state index contributed by atoms with van der Waals surface area (Å²) in [6.07, 6.45) is 3.08. The van der Waals surface area contributed by atoms with Crippen LogP contribution in [0.5, 0.6) is 0 Å². The molecule has 1 aromatic rings. The van der Waals surface area contributed by atoms with Crippen molar-refractivity contribution in [2.45, 2.75) is 39.2 Å². The molecule has 1 aliphatic rings. The van der Waals surface area contributed by atoms with E-state index in [-0.39, 0.29) is 28.2 Å². The maximum atomic E-state index is 13.9. The number of hydrogen-bond donors (Lipinski definition) is 1. The minimum atomic E-state index is -0.445. The highest BCUT2D eigenvalue weighted by molar-refractivity contribution is 6.30. The van der Waals surface area contributed by atoms with Crippen LogP contribution in [0.1, 0.15) is 33.6 Å². The molecule has 1 aliphatic heterocycles. The normalized spacial score (nSPS) is 19.5. The second kappa shape index (κ2) is 6.18. The molecule has 1 aromatic heterocycles. The highest BCUT2D eigenvalue weighted by atomic mass is 35.5. The molecule has 0 saturated carbocycles. The summed E-state index contributed by atoms with van der Waals surface area (Å²) < 4.78 is 13.9. The van der Waals surface area contributed by atoms with Gasteiger partial charge in [-0.1, -0.05) is 11.6 Å². The Morgan fingerprint density at radius 3 is 2.86 bits per heavy atom. The molecule has 1 atom stereocenters. The van der Waals surface area contributed by atoms with Gasteiger partial charge in [0.05, 0.1) is 10.9 Å². The molecule has 1 amide bonds. The van der Waals surface area contributed by atoms with E-state index in [4.69, 9.17) is 11.6 Å². The van der Waals surface area contributed by atoms with Crippen molar-refractivity contribution in [1.29, 1.82) is 0 Å². The van der Waals surface area contributed by atoms with Crippen molar-refractivity contribution in [2.75, 3.05) is 18.0 Å². The monoisotopic (exact) mass is 313 g/mol. The molecular formula is C15H21ClFN3O. The summed E-state index contributed by atoms with van der Waals surface area (Å²) in [5.41, 5.74) is -0.261. The van der Waals surface area contributed by atoms with Crippen molar-refractivity contribution < 1.29 is 9.18 Å². The lowest BCUT2D eigenvalue weighted by Gasteiger charge is -2.34. The maximum Gasteiger partial charge on any atom is 0.225 e. The zero-order chi connectivity index (χ0) is 15.6. The fraction of sp³-hybridized carbons (Fsp3) is 0.600. The van der Waals surface area contributed by atoms with Crippen LogP contribution in [0.15, 0.2) is 12.3 Å². The summed E-state index contributed by atoms with van der Waals surface area (Å²) in [7, 11) is 0. The first kappa shape index (κ1) is 16.0. The number of amides is 1. The molecule has 2 rings (SSSR count). The number of halogens is 2. The lowest BCUT2D eigenvalue weighted by atomic mass is 9.95. The number of carbonyl (C=O) groups excluding carboxylic acids is 1. The van der Waals surface area contributed by atoms with Crippen LogP contribution in [0.3, 0.4) is 0 Å². The Labute approximate surface area is 129 Å². The van der Waals surface area contributed by atoms with Gasteiger partial charge in [0.1, 0.15) is 0 Å². The van der Waals surface area contributed by atoms with E-state index in [1.807, 2.05) is 25.7 Å². The zero-order valence-corrected chi connectivity index (χ0v) is 13.4. The minimum absolute atomic E-state index is 0.0153. The fourth-order valence-corrected chi connectivity index (χ4v) is 2.64. The smallest absolute Gasteiger partial charge is 0.225 e. The Morgan fingerprint density at radius 1 is 1.52 bits per heavy atom. The molecule has 0 radical (unpaired) electrons. The number of anilines is 1. The van der Waals surface area contributed by atoms with Gasteiger partial charge in [-0.15, -0.1) is 0 Å². The molecule has 2 heterocycles. The number of pyridine rings is 1. The van der Waals surface area contributed by atoms with Crippen LogP contribution in [0.4, 0.5) is 10.2 Å². The standard InChI is InChI=1S/C15H21ClFN3O/c1-15(2,3)19-14(21)10-5-4-6-20(9-10)13-12(17)7-11(16)8-18-13/h7-8,10H,4-6,9H2,1-3H3,(H,19,21). The molecular weight excluding hydrogens is 293 g/mol. The van der Waals surface area contributed by atoms with Gasteiger partial charge in [-0.2, -0.15) is 0 Å². The molecule has 1 fully saturated rings. The number of hydrogen-bond acceptors (Lipinski definition) is 3. The first-order valence-electron chi connectivity index (χ1n) is 7.14. The Kier molecular flexibility index (Phi) is 4.71. The number of aromatic nitrogens is 1. The highest BCUT2D eigenvalue weighted by Gasteiger charge is 2.29. The SMILES string of the molecule is CC(C)(C)NC(=O)C1CCCN(c2ncc(Cl)cc2F)C1. The van der Waals surface area contributed by atoms with Crippen molar-refractivity contribution in [3.05, 3.63) is 23.1 Å². The molecule has 1 unspecified atom stereocenters. The Bertz CT molecular complexity index is 530. The van der Waals surface area contributed by atoms with Crippen molar-refractivity contribution >= 4 is 23.3 Å². The lowest BCUT2D eigenvalue weighted by molar-refractivity contribution is -0.126. The number of nitrogens with one attached hydrogen (secondary N) is 1. The van der Waals surface area contributed by atoms with Crippen molar-refractivity contribution in [2.24, 2.45) is 5.92 Å². The van der Waals surface area contributed by atoms with E-state index in [9.17, 15) is 9.18 Å². The van der Waals surface area contributed by atoms with Crippen LogP contribution in [0, 0.1) is 11.7 Å². The summed E-state index contributed by atoms with van der Waals surface area (Å²) in [4.78, 5) is 18.1. The van der Waals surface area contributed by atoms with Gasteiger partial charge < -0.3 is 10.2 Å². The Morgan fingerprint density at radius 2 is 2.24 bits per heavy atom. The van der Waals surface area contributed by atoms with Crippen molar-refractivity contribution in [3.63, 3.8) is 0 Å². The fourth-order valence-electron chi connectivity index (χ4n) is 2.50. The van der Waals surface area contributed by atoms with E-state index < -0.39 is 5.82 Å². The second-order valence-corrected chi connectivity index (χ2v) is 6.92. The summed E-state index contributed by atoms with van der Waals surface area (Å²) in [6, 6.07) is 1.25. The molecule has 6 heteroatoms. The summed E-state index contributed by atoms with van der Waals surface area (Å²) >= 11 is 5.72. The average molecular weight is 314 g/mol. The third-order valence-corrected chi connectivity index (χ3v) is 3.59. The molecule has 0 spiro atoms. The first-order chi connectivity index (χ1) is 9.76. The molecule has 0 bridgehead atoms. The van der Waals surface area contributed by atoms with Gasteiger partial charge in [0.15, 0.2) is 11.6 Å². The number of carbonyl (C=O) groups is 1. The third-order valence-electron chi connectivity index (χ3n) is 3.38. The molecule has 0 aliphatic carbocycles. The molecule has 116 valence electrons. The summed E-state index contributed by atoms with van der Waals surface area (Å²) in [5, 5.41) is 3.26. The van der Waals surface area contributed by atoms with Gasteiger partial charge in [0.2, 0.25) is 5.91 Å². The molecule has 1 N–H and O–H groups in total. The second-order valence-electron chi connectivity index (χ2n) is 6.48. The van der Waals surface area contributed by atoms with Crippen LogP contribution in [-0.2, 0) is 4.79 Å². The van der Waals surface area contributed by atoms with Crippen LogP contribution in [0.2, 0.25) is 5.02 Å². The first-order valence-corrected chi connectivity index (χ1v) is 7.52. The number of nitrogens with zero attached hydrogens (tertiary/aromatic N) is 2. The predicted octanol–water partition coefficient (Wildman–Crippen LogP) is 3.01. The quantitative estimate of drug-likeness (QED) is 0.913. The van der Waals surface area contributed by atoms with E-state index in [2.05, 4.69) is 10.3 Å². The Balaban J connectivity index is 2.08. The van der Waals surface area contributed by atoms with Crippen molar-refractivity contribution in [3.8, 4) is 0 Å². The van der Waals surface area contributed by atoms with Crippen LogP contribution in [-0.4, -0.2) is 29.5 Å². The highest BCUT2D eigenvalue weighted by Crippen LogP contribution is 2.25. The van der Waals surface area contributed by atoms with Gasteiger partial charge in [-0.25, -0.2) is 9.37 Å². The van der Waals surface area contributed by atoms with Gasteiger partial charge >= 0.3 is 0 Å². The molecule has 0 aromatic carbocycles. The number of piperidine rings is 1. The lowest BCUT2D eigenvalue weighted by Crippen LogP contribution is -2.49. The van der Waals surface area contributed by atoms with Gasteiger partial charge in [-0.3, -0.25) is 4.79 Å². The number of rotatable bonds is 2. The van der Waals surface area contributed by atoms with Gasteiger partial charge in [0.25, 0.3) is 0 Å². The largest absolute Gasteiger partial charge is 0.353 e. The predicted molar refractivity (Wildman–Crippen MR) is 82.0 cm³/mol. The van der Waals surface area contributed by atoms with E-state index in [0.717, 1.165) is 12.8 Å². The third kappa shape index (κ3) is 4.30. The van der Waals surface area contributed by atoms with Crippen molar-refractivity contribution in [1.82, 2.24) is 10.3 Å². The maximum absolute atomic E-state index is 13.9. The summed E-state index contributed by atoms with van der Waals surface area (Å²) in [6.45, 7) is 7.03. The Hall–Kier alpha value is -1.36. The average Bonchev–Trinajstić information content (AvgIpc) is 2.37. The zero-order valence-electron chi connectivity index (χ0n) is 12.6. The van der Waals surface area contributed by atoms with E-state index in [0.29, 0.717) is 13.1 Å². The van der Waals surface area contributed by atoms with Gasteiger partial charge in [0, 0.05) is 24.8 Å². The van der Waals surface area contributed by atoms with E-state index in [1.165, 1.54) is 12.3 Å². The topological polar surface area (TPSA) is 45.2 Å².